The van der Waals surface area contributed by atoms with Crippen LogP contribution in [0.25, 0.3) is 0 Å². The molecule has 0 radical (unpaired) electrons. The zero-order chi connectivity index (χ0) is 19.1. The average Bonchev–Trinajstić information content (AvgIpc) is 3.06. The minimum Gasteiger partial charge on any atom is -0.326 e. The van der Waals surface area contributed by atoms with Crippen LogP contribution in [-0.4, -0.2) is 23.0 Å². The van der Waals surface area contributed by atoms with E-state index in [0.29, 0.717) is 15.6 Å². The summed E-state index contributed by atoms with van der Waals surface area (Å²) in [5.41, 5.74) is 3.62. The van der Waals surface area contributed by atoms with Crippen LogP contribution in [0.3, 0.4) is 0 Å². The fourth-order valence-corrected chi connectivity index (χ4v) is 2.78. The Balaban J connectivity index is 1.77. The maximum absolute atomic E-state index is 11.9. The second kappa shape index (κ2) is 9.07. The summed E-state index contributed by atoms with van der Waals surface area (Å²) in [6.45, 7) is 1.79. The Hall–Kier alpha value is -2.78. The third-order valence-corrected chi connectivity index (χ3v) is 4.68. The van der Waals surface area contributed by atoms with Crippen molar-refractivity contribution in [3.05, 3.63) is 55.9 Å². The van der Waals surface area contributed by atoms with Crippen LogP contribution in [-0.2, 0) is 9.59 Å². The summed E-state index contributed by atoms with van der Waals surface area (Å²) in [5.74, 6) is -0.756. The van der Waals surface area contributed by atoms with E-state index in [0.717, 1.165) is 16.9 Å². The number of nitro groups is 1. The highest BCUT2D eigenvalue weighted by atomic mass is 35.5. The van der Waals surface area contributed by atoms with Crippen molar-refractivity contribution in [2.24, 2.45) is 5.10 Å². The van der Waals surface area contributed by atoms with Crippen LogP contribution in [0.15, 0.2) is 35.4 Å². The van der Waals surface area contributed by atoms with Crippen LogP contribution in [0.5, 0.6) is 0 Å². The van der Waals surface area contributed by atoms with Gasteiger partial charge in [0.2, 0.25) is 11.8 Å². The molecule has 2 aromatic rings. The third-order valence-electron chi connectivity index (χ3n) is 3.29. The van der Waals surface area contributed by atoms with Crippen molar-refractivity contribution in [1.82, 2.24) is 5.43 Å². The number of nitrogens with zero attached hydrogens (tertiary/aromatic N) is 2. The smallest absolute Gasteiger partial charge is 0.324 e. The van der Waals surface area contributed by atoms with E-state index in [2.05, 4.69) is 15.8 Å². The van der Waals surface area contributed by atoms with Gasteiger partial charge in [-0.2, -0.15) is 5.10 Å². The first-order chi connectivity index (χ1) is 12.4. The molecule has 0 atom stereocenters. The largest absolute Gasteiger partial charge is 0.326 e. The van der Waals surface area contributed by atoms with E-state index in [1.807, 2.05) is 0 Å². The summed E-state index contributed by atoms with van der Waals surface area (Å²) in [5, 5.41) is 17.5. The summed E-state index contributed by atoms with van der Waals surface area (Å²) in [7, 11) is 0. The number of hydrogen-bond acceptors (Lipinski definition) is 6. The summed E-state index contributed by atoms with van der Waals surface area (Å²) < 4.78 is 0. The van der Waals surface area contributed by atoms with Gasteiger partial charge in [-0.3, -0.25) is 19.7 Å². The molecule has 0 aliphatic rings. The number of thiophene rings is 1. The molecule has 8 nitrogen and oxygen atoms in total. The SMILES string of the molecule is Cc1c(Cl)cccc1NC(=O)CCC(=O)N/N=C/c1ccc([N+](=O)[O-])s1. The number of benzene rings is 1. The maximum atomic E-state index is 11.9. The zero-order valence-electron chi connectivity index (χ0n) is 13.7. The molecule has 2 N–H and O–H groups in total. The molecule has 1 heterocycles. The van der Waals surface area contributed by atoms with E-state index in [1.54, 1.807) is 25.1 Å². The number of hydrogen-bond donors (Lipinski definition) is 2. The van der Waals surface area contributed by atoms with Crippen LogP contribution in [0.4, 0.5) is 10.7 Å². The number of carbonyl (C=O) groups excluding carboxylic acids is 2. The molecule has 1 aromatic heterocycles. The fourth-order valence-electron chi connectivity index (χ4n) is 1.92. The minimum absolute atomic E-state index is 0.00856. The Bertz CT molecular complexity index is 866. The van der Waals surface area contributed by atoms with Crippen LogP contribution in [0, 0.1) is 17.0 Å². The van der Waals surface area contributed by atoms with Crippen molar-refractivity contribution < 1.29 is 14.5 Å². The van der Waals surface area contributed by atoms with E-state index in [1.165, 1.54) is 18.3 Å². The molecule has 1 aromatic carbocycles. The number of anilines is 1. The van der Waals surface area contributed by atoms with Gasteiger partial charge in [0.05, 0.1) is 16.0 Å². The van der Waals surface area contributed by atoms with Crippen LogP contribution < -0.4 is 10.7 Å². The number of halogens is 1. The Morgan fingerprint density at radius 2 is 2.00 bits per heavy atom. The molecule has 0 unspecified atom stereocenters. The third kappa shape index (κ3) is 5.64. The van der Waals surface area contributed by atoms with Gasteiger partial charge in [0, 0.05) is 29.6 Å². The second-order valence-electron chi connectivity index (χ2n) is 5.19. The predicted octanol–water partition coefficient (Wildman–Crippen LogP) is 3.49. The standard InChI is InChI=1S/C16H15ClN4O4S/c1-10-12(17)3-2-4-13(10)19-14(22)6-7-15(23)20-18-9-11-5-8-16(26-11)21(24)25/h2-5,8-9H,6-7H2,1H3,(H,19,22)(H,20,23)/b18-9+. The molecule has 0 aliphatic heterocycles. The lowest BCUT2D eigenvalue weighted by molar-refractivity contribution is -0.380. The molecule has 0 bridgehead atoms. The normalized spacial score (nSPS) is 10.7. The number of carbonyl (C=O) groups is 2. The van der Waals surface area contributed by atoms with Gasteiger partial charge in [-0.1, -0.05) is 29.0 Å². The highest BCUT2D eigenvalue weighted by Gasteiger charge is 2.10. The summed E-state index contributed by atoms with van der Waals surface area (Å²) >= 11 is 6.92. The maximum Gasteiger partial charge on any atom is 0.324 e. The van der Waals surface area contributed by atoms with E-state index < -0.39 is 10.8 Å². The molecule has 0 spiro atoms. The molecule has 2 rings (SSSR count). The second-order valence-corrected chi connectivity index (χ2v) is 6.69. The van der Waals surface area contributed by atoms with E-state index in [9.17, 15) is 19.7 Å². The first-order valence-electron chi connectivity index (χ1n) is 7.48. The highest BCUT2D eigenvalue weighted by Crippen LogP contribution is 2.23. The Labute approximate surface area is 158 Å². The topological polar surface area (TPSA) is 114 Å². The molecule has 0 fully saturated rings. The number of amides is 2. The lowest BCUT2D eigenvalue weighted by Gasteiger charge is -2.09. The fraction of sp³-hybridized carbons (Fsp3) is 0.188. The Morgan fingerprint density at radius 3 is 2.69 bits per heavy atom. The van der Waals surface area contributed by atoms with Crippen LogP contribution >= 0.6 is 22.9 Å². The number of nitrogens with one attached hydrogen (secondary N) is 2. The van der Waals surface area contributed by atoms with Gasteiger partial charge in [0.1, 0.15) is 0 Å². The summed E-state index contributed by atoms with van der Waals surface area (Å²) in [6.07, 6.45) is 1.25. The van der Waals surface area contributed by atoms with Gasteiger partial charge in [-0.25, -0.2) is 5.43 Å². The lowest BCUT2D eigenvalue weighted by atomic mass is 10.2. The number of rotatable bonds is 7. The Kier molecular flexibility index (Phi) is 6.81. The Morgan fingerprint density at radius 1 is 1.27 bits per heavy atom. The minimum atomic E-state index is -0.499. The van der Waals surface area contributed by atoms with Gasteiger partial charge >= 0.3 is 5.00 Å². The van der Waals surface area contributed by atoms with E-state index in [4.69, 9.17) is 11.6 Å². The van der Waals surface area contributed by atoms with Crippen LogP contribution in [0.2, 0.25) is 5.02 Å². The average molecular weight is 395 g/mol. The van der Waals surface area contributed by atoms with Crippen molar-refractivity contribution in [2.45, 2.75) is 19.8 Å². The lowest BCUT2D eigenvalue weighted by Crippen LogP contribution is -2.20. The van der Waals surface area contributed by atoms with Gasteiger partial charge < -0.3 is 5.32 Å². The molecule has 26 heavy (non-hydrogen) atoms. The molecule has 0 saturated heterocycles. The van der Waals surface area contributed by atoms with Crippen molar-refractivity contribution in [2.75, 3.05) is 5.32 Å². The zero-order valence-corrected chi connectivity index (χ0v) is 15.3. The van der Waals surface area contributed by atoms with Crippen molar-refractivity contribution in [3.8, 4) is 0 Å². The highest BCUT2D eigenvalue weighted by molar-refractivity contribution is 7.16. The molecule has 2 amide bonds. The van der Waals surface area contributed by atoms with Gasteiger partial charge in [0.25, 0.3) is 0 Å². The predicted molar refractivity (Wildman–Crippen MR) is 101 cm³/mol. The van der Waals surface area contributed by atoms with Gasteiger partial charge in [-0.15, -0.1) is 0 Å². The van der Waals surface area contributed by atoms with Gasteiger partial charge in [-0.05, 0) is 30.7 Å². The molecular formula is C16H15ClN4O4S. The van der Waals surface area contributed by atoms with Crippen molar-refractivity contribution in [1.29, 1.82) is 0 Å². The molecule has 136 valence electrons. The molecule has 0 aliphatic carbocycles. The first kappa shape index (κ1) is 19.5. The van der Waals surface area contributed by atoms with Crippen molar-refractivity contribution in [3.63, 3.8) is 0 Å². The first-order valence-corrected chi connectivity index (χ1v) is 8.67. The molecule has 0 saturated carbocycles. The summed E-state index contributed by atoms with van der Waals surface area (Å²) in [6, 6.07) is 8.06. The van der Waals surface area contributed by atoms with Crippen LogP contribution in [0.1, 0.15) is 23.3 Å². The monoisotopic (exact) mass is 394 g/mol. The summed E-state index contributed by atoms with van der Waals surface area (Å²) in [4.78, 5) is 34.2. The van der Waals surface area contributed by atoms with Gasteiger partial charge in [0.15, 0.2) is 0 Å². The quantitative estimate of drug-likeness (QED) is 0.425. The molecular weight excluding hydrogens is 380 g/mol. The molecule has 10 heteroatoms. The van der Waals surface area contributed by atoms with Crippen molar-refractivity contribution >= 4 is 51.7 Å². The number of hydrazone groups is 1. The van der Waals surface area contributed by atoms with E-state index in [-0.39, 0.29) is 23.7 Å². The van der Waals surface area contributed by atoms with E-state index >= 15 is 0 Å².